The maximum Gasteiger partial charge on any atom is 0.243 e. The zero-order valence-corrected chi connectivity index (χ0v) is 12.6. The van der Waals surface area contributed by atoms with Gasteiger partial charge in [0.25, 0.3) is 0 Å². The van der Waals surface area contributed by atoms with Gasteiger partial charge in [0, 0.05) is 13.1 Å². The van der Waals surface area contributed by atoms with E-state index in [2.05, 4.69) is 5.32 Å². The molecule has 1 amide bonds. The third-order valence-electron chi connectivity index (χ3n) is 2.82. The number of amides is 1. The molecule has 1 aromatic carbocycles. The van der Waals surface area contributed by atoms with Gasteiger partial charge in [0.2, 0.25) is 5.91 Å². The third kappa shape index (κ3) is 7.65. The van der Waals surface area contributed by atoms with Crippen molar-refractivity contribution in [2.75, 3.05) is 32.9 Å². The van der Waals surface area contributed by atoms with Crippen molar-refractivity contribution in [3.63, 3.8) is 0 Å². The Morgan fingerprint density at radius 2 is 2.19 bits per heavy atom. The Hall–Kier alpha value is -1.63. The van der Waals surface area contributed by atoms with Crippen molar-refractivity contribution < 1.29 is 19.4 Å². The molecule has 0 saturated carbocycles. The van der Waals surface area contributed by atoms with E-state index >= 15 is 0 Å². The van der Waals surface area contributed by atoms with E-state index in [4.69, 9.17) is 15.2 Å². The first-order valence-electron chi connectivity index (χ1n) is 6.94. The number of ether oxygens (including phenoxy) is 2. The lowest BCUT2D eigenvalue weighted by atomic mass is 10.1. The molecule has 1 aromatic rings. The van der Waals surface area contributed by atoms with E-state index in [9.17, 15) is 9.90 Å². The highest BCUT2D eigenvalue weighted by Gasteiger charge is 2.06. The quantitative estimate of drug-likeness (QED) is 0.534. The van der Waals surface area contributed by atoms with Crippen molar-refractivity contribution in [1.82, 2.24) is 5.32 Å². The summed E-state index contributed by atoms with van der Waals surface area (Å²) in [4.78, 5) is 10.4. The molecule has 0 bridgehead atoms. The number of hydrogen-bond donors (Lipinski definition) is 3. The van der Waals surface area contributed by atoms with Crippen LogP contribution in [-0.4, -0.2) is 50.0 Å². The van der Waals surface area contributed by atoms with Gasteiger partial charge >= 0.3 is 0 Å². The average molecular weight is 296 g/mol. The number of aliphatic hydroxyl groups excluding tert-OH is 1. The zero-order valence-electron chi connectivity index (χ0n) is 12.6. The number of benzene rings is 1. The van der Waals surface area contributed by atoms with Crippen LogP contribution in [0.4, 0.5) is 0 Å². The number of hydrogen-bond acceptors (Lipinski definition) is 5. The number of nitrogens with one attached hydrogen (secondary N) is 1. The molecule has 6 heteroatoms. The van der Waals surface area contributed by atoms with Crippen LogP contribution >= 0.6 is 0 Å². The Morgan fingerprint density at radius 1 is 1.43 bits per heavy atom. The lowest BCUT2D eigenvalue weighted by molar-refractivity contribution is -0.122. The zero-order chi connectivity index (χ0) is 15.7. The normalized spacial score (nSPS) is 12.1. The van der Waals surface area contributed by atoms with Gasteiger partial charge in [-0.1, -0.05) is 12.1 Å². The van der Waals surface area contributed by atoms with Gasteiger partial charge in [-0.15, -0.1) is 0 Å². The fourth-order valence-electron chi connectivity index (χ4n) is 1.69. The fourth-order valence-corrected chi connectivity index (χ4v) is 1.69. The second kappa shape index (κ2) is 9.33. The minimum atomic E-state index is -0.610. The summed E-state index contributed by atoms with van der Waals surface area (Å²) in [6, 6.07) is 5.96. The van der Waals surface area contributed by atoms with Crippen LogP contribution in [0.2, 0.25) is 0 Å². The first kappa shape index (κ1) is 17.4. The number of primary amides is 1. The van der Waals surface area contributed by atoms with E-state index in [1.807, 2.05) is 32.0 Å². The fraction of sp³-hybridized carbons (Fsp3) is 0.533. The van der Waals surface area contributed by atoms with Gasteiger partial charge in [-0.25, -0.2) is 0 Å². The SMILES string of the molecule is Cc1ccc(C)c(OCC(O)CNCCOCC(N)=O)c1. The van der Waals surface area contributed by atoms with E-state index in [1.165, 1.54) is 0 Å². The highest BCUT2D eigenvalue weighted by molar-refractivity contribution is 5.74. The van der Waals surface area contributed by atoms with Gasteiger partial charge in [-0.3, -0.25) is 4.79 Å². The molecule has 0 aliphatic heterocycles. The number of carbonyl (C=O) groups is 1. The molecule has 4 N–H and O–H groups in total. The minimum absolute atomic E-state index is 0.0834. The maximum absolute atomic E-state index is 10.4. The van der Waals surface area contributed by atoms with Gasteiger partial charge in [-0.05, 0) is 31.0 Å². The summed E-state index contributed by atoms with van der Waals surface area (Å²) in [5, 5.41) is 12.8. The smallest absolute Gasteiger partial charge is 0.243 e. The van der Waals surface area contributed by atoms with Crippen LogP contribution in [0, 0.1) is 13.8 Å². The van der Waals surface area contributed by atoms with Crippen LogP contribution in [0.5, 0.6) is 5.75 Å². The highest BCUT2D eigenvalue weighted by Crippen LogP contribution is 2.19. The summed E-state index contributed by atoms with van der Waals surface area (Å²) in [7, 11) is 0. The molecular formula is C15H24N2O4. The Bertz CT molecular complexity index is 451. The highest BCUT2D eigenvalue weighted by atomic mass is 16.5. The van der Waals surface area contributed by atoms with Crippen molar-refractivity contribution in [3.8, 4) is 5.75 Å². The number of rotatable bonds is 10. The predicted octanol–water partition coefficient (Wildman–Crippen LogP) is 0.135. The van der Waals surface area contributed by atoms with Crippen LogP contribution in [0.25, 0.3) is 0 Å². The van der Waals surface area contributed by atoms with Crippen LogP contribution in [0.15, 0.2) is 18.2 Å². The van der Waals surface area contributed by atoms with Gasteiger partial charge in [-0.2, -0.15) is 0 Å². The number of carbonyl (C=O) groups excluding carboxylic acids is 1. The summed E-state index contributed by atoms with van der Waals surface area (Å²) in [5.74, 6) is 0.302. The number of aryl methyl sites for hydroxylation is 2. The third-order valence-corrected chi connectivity index (χ3v) is 2.82. The summed E-state index contributed by atoms with van der Waals surface area (Å²) < 4.78 is 10.6. The molecule has 1 atom stereocenters. The van der Waals surface area contributed by atoms with Crippen LogP contribution in [0.3, 0.4) is 0 Å². The largest absolute Gasteiger partial charge is 0.491 e. The second-order valence-electron chi connectivity index (χ2n) is 4.96. The maximum atomic E-state index is 10.4. The first-order valence-corrected chi connectivity index (χ1v) is 6.94. The van der Waals surface area contributed by atoms with Crippen LogP contribution < -0.4 is 15.8 Å². The van der Waals surface area contributed by atoms with Gasteiger partial charge in [0.1, 0.15) is 25.1 Å². The topological polar surface area (TPSA) is 93.8 Å². The summed E-state index contributed by atoms with van der Waals surface area (Å²) >= 11 is 0. The predicted molar refractivity (Wildman–Crippen MR) is 80.3 cm³/mol. The molecule has 1 rings (SSSR count). The molecule has 0 radical (unpaired) electrons. The average Bonchev–Trinajstić information content (AvgIpc) is 2.43. The Kier molecular flexibility index (Phi) is 7.74. The molecular weight excluding hydrogens is 272 g/mol. The molecule has 0 aliphatic carbocycles. The summed E-state index contributed by atoms with van der Waals surface area (Å²) in [5.41, 5.74) is 7.09. The van der Waals surface area contributed by atoms with Crippen molar-refractivity contribution >= 4 is 5.91 Å². The van der Waals surface area contributed by atoms with E-state index in [-0.39, 0.29) is 13.2 Å². The van der Waals surface area contributed by atoms with E-state index in [1.54, 1.807) is 0 Å². The van der Waals surface area contributed by atoms with E-state index in [0.717, 1.165) is 16.9 Å². The standard InChI is InChI=1S/C15H24N2O4/c1-11-3-4-12(2)14(7-11)21-9-13(18)8-17-5-6-20-10-15(16)19/h3-4,7,13,17-18H,5-6,8-10H2,1-2H3,(H2,16,19). The monoisotopic (exact) mass is 296 g/mol. The summed E-state index contributed by atoms with van der Waals surface area (Å²) in [6.07, 6.45) is -0.610. The van der Waals surface area contributed by atoms with Crippen molar-refractivity contribution in [2.45, 2.75) is 20.0 Å². The lowest BCUT2D eigenvalue weighted by Crippen LogP contribution is -2.33. The lowest BCUT2D eigenvalue weighted by Gasteiger charge is -2.15. The second-order valence-corrected chi connectivity index (χ2v) is 4.96. The van der Waals surface area contributed by atoms with E-state index in [0.29, 0.717) is 19.7 Å². The van der Waals surface area contributed by atoms with E-state index < -0.39 is 12.0 Å². The molecule has 0 saturated heterocycles. The molecule has 1 unspecified atom stereocenters. The molecule has 21 heavy (non-hydrogen) atoms. The molecule has 0 heterocycles. The Balaban J connectivity index is 2.15. The molecule has 0 aliphatic rings. The van der Waals surface area contributed by atoms with Crippen LogP contribution in [-0.2, 0) is 9.53 Å². The Labute approximate surface area is 125 Å². The number of aliphatic hydroxyl groups is 1. The molecule has 118 valence electrons. The van der Waals surface area contributed by atoms with Crippen LogP contribution in [0.1, 0.15) is 11.1 Å². The molecule has 0 fully saturated rings. The first-order chi connectivity index (χ1) is 9.99. The number of nitrogens with two attached hydrogens (primary N) is 1. The van der Waals surface area contributed by atoms with Gasteiger partial charge < -0.3 is 25.6 Å². The molecule has 6 nitrogen and oxygen atoms in total. The summed E-state index contributed by atoms with van der Waals surface area (Å²) in [6.45, 7) is 5.40. The van der Waals surface area contributed by atoms with Crippen molar-refractivity contribution in [1.29, 1.82) is 0 Å². The van der Waals surface area contributed by atoms with Gasteiger partial charge in [0.05, 0.1) is 6.61 Å². The van der Waals surface area contributed by atoms with Gasteiger partial charge in [0.15, 0.2) is 0 Å². The van der Waals surface area contributed by atoms with Crippen molar-refractivity contribution in [2.24, 2.45) is 5.73 Å². The molecule has 0 aromatic heterocycles. The Morgan fingerprint density at radius 3 is 2.90 bits per heavy atom. The minimum Gasteiger partial charge on any atom is -0.491 e. The van der Waals surface area contributed by atoms with Crippen molar-refractivity contribution in [3.05, 3.63) is 29.3 Å². The molecule has 0 spiro atoms.